The highest BCUT2D eigenvalue weighted by atomic mass is 16.5. The number of ether oxygens (including phenoxy) is 2. The third-order valence-electron chi connectivity index (χ3n) is 4.33. The van der Waals surface area contributed by atoms with Gasteiger partial charge in [0, 0.05) is 6.04 Å². The maximum atomic E-state index is 12.3. The van der Waals surface area contributed by atoms with Gasteiger partial charge in [0.25, 0.3) is 0 Å². The normalized spacial score (nSPS) is 29.8. The molecule has 0 aromatic heterocycles. The third-order valence-corrected chi connectivity index (χ3v) is 4.33. The van der Waals surface area contributed by atoms with Gasteiger partial charge in [0.05, 0.1) is 20.1 Å². The van der Waals surface area contributed by atoms with Crippen molar-refractivity contribution in [3.05, 3.63) is 35.9 Å². The lowest BCUT2D eigenvalue weighted by atomic mass is 9.78. The van der Waals surface area contributed by atoms with Crippen LogP contribution in [-0.4, -0.2) is 42.8 Å². The van der Waals surface area contributed by atoms with Gasteiger partial charge in [-0.3, -0.25) is 19.7 Å². The standard InChI is InChI=1S/C16H19NO6/c1-16(15(20)21)11(14(19)23-3)10(13(18)22-2)12(17-16)9-7-5-4-6-8-9/h4-8,10-12,17H,1-3H3,(H,20,21)/t10-,11+,12+,16+/m0/s1. The summed E-state index contributed by atoms with van der Waals surface area (Å²) in [7, 11) is 2.37. The van der Waals surface area contributed by atoms with E-state index >= 15 is 0 Å². The average Bonchev–Trinajstić information content (AvgIpc) is 2.89. The lowest BCUT2D eigenvalue weighted by molar-refractivity contribution is -0.162. The molecule has 0 aliphatic carbocycles. The summed E-state index contributed by atoms with van der Waals surface area (Å²) < 4.78 is 9.54. The zero-order valence-corrected chi connectivity index (χ0v) is 13.1. The Morgan fingerprint density at radius 1 is 1.09 bits per heavy atom. The molecule has 124 valence electrons. The Labute approximate surface area is 133 Å². The summed E-state index contributed by atoms with van der Waals surface area (Å²) in [5.74, 6) is -4.87. The van der Waals surface area contributed by atoms with Crippen LogP contribution in [-0.2, 0) is 23.9 Å². The van der Waals surface area contributed by atoms with Crippen LogP contribution in [0.1, 0.15) is 18.5 Å². The van der Waals surface area contributed by atoms with Crippen LogP contribution in [0.15, 0.2) is 30.3 Å². The van der Waals surface area contributed by atoms with Crippen LogP contribution >= 0.6 is 0 Å². The Morgan fingerprint density at radius 3 is 2.13 bits per heavy atom. The molecule has 0 unspecified atom stereocenters. The molecule has 1 aromatic carbocycles. The second kappa shape index (κ2) is 6.37. The predicted molar refractivity (Wildman–Crippen MR) is 79.4 cm³/mol. The quantitative estimate of drug-likeness (QED) is 0.789. The van der Waals surface area contributed by atoms with Crippen LogP contribution in [0.4, 0.5) is 0 Å². The predicted octanol–water partition coefficient (Wildman–Crippen LogP) is 0.753. The van der Waals surface area contributed by atoms with Crippen molar-refractivity contribution in [3.63, 3.8) is 0 Å². The lowest BCUT2D eigenvalue weighted by Gasteiger charge is -2.26. The van der Waals surface area contributed by atoms with Gasteiger partial charge in [-0.2, -0.15) is 0 Å². The van der Waals surface area contributed by atoms with Gasteiger partial charge in [0.1, 0.15) is 11.5 Å². The molecule has 2 rings (SSSR count). The summed E-state index contributed by atoms with van der Waals surface area (Å²) in [6.45, 7) is 1.37. The van der Waals surface area contributed by atoms with Gasteiger partial charge in [-0.05, 0) is 12.5 Å². The Balaban J connectivity index is 2.57. The molecule has 1 heterocycles. The van der Waals surface area contributed by atoms with E-state index in [4.69, 9.17) is 9.47 Å². The van der Waals surface area contributed by atoms with Gasteiger partial charge >= 0.3 is 17.9 Å². The van der Waals surface area contributed by atoms with Crippen LogP contribution in [0.2, 0.25) is 0 Å². The van der Waals surface area contributed by atoms with E-state index < -0.39 is 41.3 Å². The van der Waals surface area contributed by atoms with E-state index in [-0.39, 0.29) is 0 Å². The molecule has 7 heteroatoms. The minimum absolute atomic E-state index is 0.660. The van der Waals surface area contributed by atoms with E-state index in [1.165, 1.54) is 14.0 Å². The molecule has 0 radical (unpaired) electrons. The van der Waals surface area contributed by atoms with Crippen molar-refractivity contribution in [1.29, 1.82) is 0 Å². The highest BCUT2D eigenvalue weighted by Crippen LogP contribution is 2.44. The molecule has 1 aromatic rings. The van der Waals surface area contributed by atoms with Crippen LogP contribution in [0.3, 0.4) is 0 Å². The van der Waals surface area contributed by atoms with Gasteiger partial charge < -0.3 is 14.6 Å². The molecule has 2 N–H and O–H groups in total. The molecule has 4 atom stereocenters. The molecular weight excluding hydrogens is 302 g/mol. The fourth-order valence-electron chi connectivity index (χ4n) is 3.12. The smallest absolute Gasteiger partial charge is 0.324 e. The van der Waals surface area contributed by atoms with Crippen LogP contribution < -0.4 is 5.32 Å². The lowest BCUT2D eigenvalue weighted by Crippen LogP contribution is -2.53. The number of rotatable bonds is 4. The Bertz CT molecular complexity index is 616. The molecule has 23 heavy (non-hydrogen) atoms. The highest BCUT2D eigenvalue weighted by molar-refractivity contribution is 5.93. The molecule has 1 fully saturated rings. The topological polar surface area (TPSA) is 102 Å². The summed E-state index contributed by atoms with van der Waals surface area (Å²) in [6, 6.07) is 8.20. The Hall–Kier alpha value is -2.41. The number of hydrogen-bond donors (Lipinski definition) is 2. The molecule has 0 saturated carbocycles. The first-order valence-electron chi connectivity index (χ1n) is 7.08. The van der Waals surface area contributed by atoms with E-state index in [0.717, 1.165) is 7.11 Å². The van der Waals surface area contributed by atoms with Crippen LogP contribution in [0.25, 0.3) is 0 Å². The molecule has 0 amide bonds. The third kappa shape index (κ3) is 2.79. The van der Waals surface area contributed by atoms with Crippen molar-refractivity contribution in [2.24, 2.45) is 11.8 Å². The number of methoxy groups -OCH3 is 2. The Morgan fingerprint density at radius 2 is 1.65 bits per heavy atom. The van der Waals surface area contributed by atoms with Crippen molar-refractivity contribution in [3.8, 4) is 0 Å². The molecule has 1 aliphatic rings. The fraction of sp³-hybridized carbons (Fsp3) is 0.438. The second-order valence-electron chi connectivity index (χ2n) is 5.59. The maximum Gasteiger partial charge on any atom is 0.324 e. The summed E-state index contributed by atoms with van der Waals surface area (Å²) in [5.41, 5.74) is -0.950. The Kier molecular flexibility index (Phi) is 4.70. The zero-order chi connectivity index (χ0) is 17.2. The van der Waals surface area contributed by atoms with E-state index in [1.807, 2.05) is 0 Å². The van der Waals surface area contributed by atoms with Crippen molar-refractivity contribution in [1.82, 2.24) is 5.32 Å². The number of carboxylic acid groups (broad SMARTS) is 1. The highest BCUT2D eigenvalue weighted by Gasteiger charge is 2.62. The summed E-state index contributed by atoms with van der Waals surface area (Å²) in [6.07, 6.45) is 0. The molecular formula is C16H19NO6. The van der Waals surface area contributed by atoms with Gasteiger partial charge in [-0.1, -0.05) is 30.3 Å². The van der Waals surface area contributed by atoms with E-state index in [2.05, 4.69) is 5.32 Å². The van der Waals surface area contributed by atoms with Gasteiger partial charge in [-0.25, -0.2) is 0 Å². The number of aliphatic carboxylic acids is 1. The molecule has 7 nitrogen and oxygen atoms in total. The minimum atomic E-state index is -1.65. The first kappa shape index (κ1) is 17.0. The number of benzene rings is 1. The van der Waals surface area contributed by atoms with E-state index in [0.29, 0.717) is 5.56 Å². The summed E-state index contributed by atoms with van der Waals surface area (Å²) >= 11 is 0. The number of carboxylic acids is 1. The van der Waals surface area contributed by atoms with Crippen molar-refractivity contribution in [2.75, 3.05) is 14.2 Å². The SMILES string of the molecule is COC(=O)[C@@H]1[C@@H](c2ccccc2)N[C@@](C)(C(=O)O)[C@H]1C(=O)OC. The van der Waals surface area contributed by atoms with Gasteiger partial charge in [0.15, 0.2) is 0 Å². The number of carbonyl (C=O) groups is 3. The van der Waals surface area contributed by atoms with Crippen molar-refractivity contribution < 1.29 is 29.0 Å². The minimum Gasteiger partial charge on any atom is -0.480 e. The first-order chi connectivity index (χ1) is 10.9. The van der Waals surface area contributed by atoms with Crippen molar-refractivity contribution >= 4 is 17.9 Å². The summed E-state index contributed by atoms with van der Waals surface area (Å²) in [5, 5.41) is 12.5. The molecule has 1 aliphatic heterocycles. The first-order valence-corrected chi connectivity index (χ1v) is 7.08. The number of hydrogen-bond acceptors (Lipinski definition) is 6. The monoisotopic (exact) mass is 321 g/mol. The van der Waals surface area contributed by atoms with Crippen molar-refractivity contribution in [2.45, 2.75) is 18.5 Å². The van der Waals surface area contributed by atoms with Crippen LogP contribution in [0.5, 0.6) is 0 Å². The number of nitrogens with one attached hydrogen (secondary N) is 1. The number of carbonyl (C=O) groups excluding carboxylic acids is 2. The van der Waals surface area contributed by atoms with E-state index in [1.54, 1.807) is 30.3 Å². The molecule has 0 spiro atoms. The fourth-order valence-corrected chi connectivity index (χ4v) is 3.12. The summed E-state index contributed by atoms with van der Waals surface area (Å²) in [4.78, 5) is 36.2. The van der Waals surface area contributed by atoms with Gasteiger partial charge in [-0.15, -0.1) is 0 Å². The number of esters is 2. The van der Waals surface area contributed by atoms with E-state index in [9.17, 15) is 19.5 Å². The zero-order valence-electron chi connectivity index (χ0n) is 13.1. The second-order valence-corrected chi connectivity index (χ2v) is 5.59. The maximum absolute atomic E-state index is 12.3. The molecule has 0 bridgehead atoms. The van der Waals surface area contributed by atoms with Crippen LogP contribution in [0, 0.1) is 11.8 Å². The van der Waals surface area contributed by atoms with Gasteiger partial charge in [0.2, 0.25) is 0 Å². The largest absolute Gasteiger partial charge is 0.480 e. The average molecular weight is 321 g/mol. The molecule has 1 saturated heterocycles.